The first-order valence-corrected chi connectivity index (χ1v) is 8.22. The van der Waals surface area contributed by atoms with Crippen molar-refractivity contribution in [3.8, 4) is 0 Å². The molecule has 1 amide bonds. The molecule has 0 aromatic carbocycles. The van der Waals surface area contributed by atoms with Crippen molar-refractivity contribution < 1.29 is 13.6 Å². The molecule has 0 atom stereocenters. The molecule has 0 bridgehead atoms. The van der Waals surface area contributed by atoms with E-state index in [0.29, 0.717) is 19.0 Å². The van der Waals surface area contributed by atoms with Gasteiger partial charge < -0.3 is 24.0 Å². The van der Waals surface area contributed by atoms with E-state index in [2.05, 4.69) is 10.3 Å². The van der Waals surface area contributed by atoms with Crippen LogP contribution in [-0.4, -0.2) is 55.9 Å². The van der Waals surface area contributed by atoms with Crippen LogP contribution in [0.25, 0.3) is 0 Å². The maximum Gasteiger partial charge on any atom is 0.243 e. The second-order valence-corrected chi connectivity index (χ2v) is 6.04. The summed E-state index contributed by atoms with van der Waals surface area (Å²) in [6.07, 6.45) is 4.08. The Morgan fingerprint density at radius 1 is 1.20 bits per heavy atom. The summed E-state index contributed by atoms with van der Waals surface area (Å²) in [6, 6.07) is 5.75. The zero-order chi connectivity index (χ0) is 18.2. The van der Waals surface area contributed by atoms with Crippen molar-refractivity contribution in [1.82, 2.24) is 15.1 Å². The van der Waals surface area contributed by atoms with Crippen molar-refractivity contribution in [1.29, 1.82) is 0 Å². The number of rotatable bonds is 7. The number of carbonyl (C=O) groups excluding carboxylic acids is 1. The van der Waals surface area contributed by atoms with E-state index in [1.54, 1.807) is 26.6 Å². The van der Waals surface area contributed by atoms with Crippen LogP contribution < -0.4 is 5.32 Å². The lowest BCUT2D eigenvalue weighted by Crippen LogP contribution is -2.40. The molecule has 0 fully saturated rings. The van der Waals surface area contributed by atoms with Crippen LogP contribution in [0.2, 0.25) is 0 Å². The van der Waals surface area contributed by atoms with Crippen LogP contribution >= 0.6 is 0 Å². The van der Waals surface area contributed by atoms with Crippen molar-refractivity contribution in [3.63, 3.8) is 0 Å². The molecule has 0 radical (unpaired) electrons. The van der Waals surface area contributed by atoms with Crippen LogP contribution in [0.4, 0.5) is 0 Å². The number of aryl methyl sites for hydroxylation is 1. The summed E-state index contributed by atoms with van der Waals surface area (Å²) in [5, 5.41) is 3.30. The molecule has 7 heteroatoms. The molecule has 0 saturated carbocycles. The quantitative estimate of drug-likeness (QED) is 0.612. The third-order valence-corrected chi connectivity index (χ3v) is 3.83. The monoisotopic (exact) mass is 346 g/mol. The van der Waals surface area contributed by atoms with Gasteiger partial charge in [0.15, 0.2) is 5.96 Å². The van der Waals surface area contributed by atoms with Crippen LogP contribution in [0.3, 0.4) is 0 Å². The number of carbonyl (C=O) groups is 1. The number of furan rings is 2. The van der Waals surface area contributed by atoms with E-state index in [9.17, 15) is 4.79 Å². The second kappa shape index (κ2) is 8.96. The Morgan fingerprint density at radius 3 is 2.60 bits per heavy atom. The first-order chi connectivity index (χ1) is 12.0. The average molecular weight is 346 g/mol. The fourth-order valence-corrected chi connectivity index (χ4v) is 2.25. The van der Waals surface area contributed by atoms with Gasteiger partial charge in [0.25, 0.3) is 0 Å². The molecule has 2 aromatic heterocycles. The van der Waals surface area contributed by atoms with Crippen molar-refractivity contribution in [2.45, 2.75) is 19.9 Å². The standard InChI is InChI=1S/C18H26N4O3/c1-14-15(8-11-24-14)13-22(4)18(20-12-17(23)21(2)3)19-9-7-16-6-5-10-25-16/h5-6,8,10-11H,7,9,12-13H2,1-4H3,(H,19,20). The molecule has 2 aromatic rings. The molecule has 0 spiro atoms. The Kier molecular flexibility index (Phi) is 6.68. The van der Waals surface area contributed by atoms with Crippen LogP contribution in [0.1, 0.15) is 17.1 Å². The lowest BCUT2D eigenvalue weighted by molar-refractivity contribution is -0.127. The summed E-state index contributed by atoms with van der Waals surface area (Å²) in [5.74, 6) is 2.41. The normalized spacial score (nSPS) is 11.4. The minimum absolute atomic E-state index is 0.0433. The Hall–Kier alpha value is -2.70. The van der Waals surface area contributed by atoms with Gasteiger partial charge in [-0.15, -0.1) is 0 Å². The Morgan fingerprint density at radius 2 is 2.00 bits per heavy atom. The van der Waals surface area contributed by atoms with Gasteiger partial charge in [0.1, 0.15) is 18.1 Å². The summed E-state index contributed by atoms with van der Waals surface area (Å²) >= 11 is 0. The van der Waals surface area contributed by atoms with Crippen LogP contribution in [0, 0.1) is 6.92 Å². The maximum atomic E-state index is 11.8. The van der Waals surface area contributed by atoms with Gasteiger partial charge in [-0.25, -0.2) is 4.99 Å². The summed E-state index contributed by atoms with van der Waals surface area (Å²) in [6.45, 7) is 3.34. The van der Waals surface area contributed by atoms with Crippen LogP contribution in [-0.2, 0) is 17.8 Å². The average Bonchev–Trinajstić information content (AvgIpc) is 3.22. The molecular formula is C18H26N4O3. The summed E-state index contributed by atoms with van der Waals surface area (Å²) < 4.78 is 10.7. The third-order valence-electron chi connectivity index (χ3n) is 3.83. The molecule has 2 heterocycles. The van der Waals surface area contributed by atoms with Crippen molar-refractivity contribution in [2.24, 2.45) is 4.99 Å². The fourth-order valence-electron chi connectivity index (χ4n) is 2.25. The van der Waals surface area contributed by atoms with E-state index < -0.39 is 0 Å². The molecule has 1 N–H and O–H groups in total. The van der Waals surface area contributed by atoms with Crippen molar-refractivity contribution in [2.75, 3.05) is 34.2 Å². The summed E-state index contributed by atoms with van der Waals surface area (Å²) in [4.78, 5) is 19.8. The number of hydrogen-bond donors (Lipinski definition) is 1. The summed E-state index contributed by atoms with van der Waals surface area (Å²) in [5.41, 5.74) is 1.09. The maximum absolute atomic E-state index is 11.8. The number of nitrogens with zero attached hydrogens (tertiary/aromatic N) is 3. The fraction of sp³-hybridized carbons (Fsp3) is 0.444. The van der Waals surface area contributed by atoms with Crippen molar-refractivity contribution >= 4 is 11.9 Å². The Bertz CT molecular complexity index is 689. The molecule has 0 unspecified atom stereocenters. The molecule has 0 aliphatic heterocycles. The lowest BCUT2D eigenvalue weighted by atomic mass is 10.2. The van der Waals surface area contributed by atoms with Gasteiger partial charge in [-0.05, 0) is 25.1 Å². The van der Waals surface area contributed by atoms with Gasteiger partial charge in [0.2, 0.25) is 5.91 Å². The zero-order valence-corrected chi connectivity index (χ0v) is 15.3. The zero-order valence-electron chi connectivity index (χ0n) is 15.3. The van der Waals surface area contributed by atoms with Crippen LogP contribution in [0.5, 0.6) is 0 Å². The molecule has 0 aliphatic rings. The van der Waals surface area contributed by atoms with Gasteiger partial charge in [0.05, 0.1) is 12.5 Å². The van der Waals surface area contributed by atoms with E-state index in [1.165, 1.54) is 4.90 Å². The predicted octanol–water partition coefficient (Wildman–Crippen LogP) is 1.89. The molecule has 2 rings (SSSR count). The van der Waals surface area contributed by atoms with Crippen molar-refractivity contribution in [3.05, 3.63) is 47.8 Å². The number of guanidine groups is 1. The van der Waals surface area contributed by atoms with E-state index >= 15 is 0 Å². The highest BCUT2D eigenvalue weighted by Gasteiger charge is 2.12. The largest absolute Gasteiger partial charge is 0.469 e. The topological polar surface area (TPSA) is 74.2 Å². The number of amides is 1. The highest BCUT2D eigenvalue weighted by Crippen LogP contribution is 2.11. The number of likely N-dealkylation sites (N-methyl/N-ethyl adjacent to an activating group) is 1. The minimum atomic E-state index is -0.0433. The predicted molar refractivity (Wildman–Crippen MR) is 96.3 cm³/mol. The van der Waals surface area contributed by atoms with Crippen LogP contribution in [0.15, 0.2) is 44.6 Å². The Balaban J connectivity index is 2.00. The van der Waals surface area contributed by atoms with Gasteiger partial charge in [0, 0.05) is 46.2 Å². The van der Waals surface area contributed by atoms with Gasteiger partial charge in [-0.1, -0.05) is 0 Å². The first-order valence-electron chi connectivity index (χ1n) is 8.22. The number of aliphatic imine (C=N–C) groups is 1. The molecule has 25 heavy (non-hydrogen) atoms. The molecule has 7 nitrogen and oxygen atoms in total. The van der Waals surface area contributed by atoms with E-state index in [-0.39, 0.29) is 12.5 Å². The lowest BCUT2D eigenvalue weighted by Gasteiger charge is -2.22. The third kappa shape index (κ3) is 5.70. The molecular weight excluding hydrogens is 320 g/mol. The molecule has 136 valence electrons. The van der Waals surface area contributed by atoms with E-state index in [1.807, 2.05) is 37.1 Å². The highest BCUT2D eigenvalue weighted by molar-refractivity contribution is 5.84. The van der Waals surface area contributed by atoms with E-state index in [4.69, 9.17) is 8.83 Å². The molecule has 0 aliphatic carbocycles. The van der Waals surface area contributed by atoms with Gasteiger partial charge in [-0.2, -0.15) is 0 Å². The van der Waals surface area contributed by atoms with E-state index in [0.717, 1.165) is 23.5 Å². The first kappa shape index (κ1) is 18.6. The molecule has 0 saturated heterocycles. The minimum Gasteiger partial charge on any atom is -0.469 e. The van der Waals surface area contributed by atoms with Gasteiger partial charge >= 0.3 is 0 Å². The second-order valence-electron chi connectivity index (χ2n) is 6.04. The smallest absolute Gasteiger partial charge is 0.243 e. The highest BCUT2D eigenvalue weighted by atomic mass is 16.3. The SMILES string of the molecule is Cc1occc1CN(C)C(=NCC(=O)N(C)C)NCCc1ccco1. The van der Waals surface area contributed by atoms with Gasteiger partial charge in [-0.3, -0.25) is 4.79 Å². The number of hydrogen-bond acceptors (Lipinski definition) is 4. The number of nitrogens with one attached hydrogen (secondary N) is 1. The Labute approximate surface area is 148 Å². The summed E-state index contributed by atoms with van der Waals surface area (Å²) in [7, 11) is 5.38.